The topological polar surface area (TPSA) is 94.2 Å². The van der Waals surface area contributed by atoms with Gasteiger partial charge in [0.2, 0.25) is 10.0 Å². The Hall–Kier alpha value is -2.62. The first-order chi connectivity index (χ1) is 14.5. The molecule has 1 unspecified atom stereocenters. The standard InChI is InChI=1S/C21H26N2O6S/c1-3-29-18-10-9-17(15-19(18)30(25,26)23-11-13-28-14-12-23)22-20(21(24)27-2)16-7-5-4-6-8-16/h4-10,15,20,22H,3,11-14H2,1-2H3. The summed E-state index contributed by atoms with van der Waals surface area (Å²) in [6.07, 6.45) is 0. The Kier molecular flexibility index (Phi) is 7.30. The minimum absolute atomic E-state index is 0.0490. The van der Waals surface area contributed by atoms with E-state index < -0.39 is 22.0 Å². The summed E-state index contributed by atoms with van der Waals surface area (Å²) in [5.41, 5.74) is 1.17. The number of anilines is 1. The van der Waals surface area contributed by atoms with Crippen molar-refractivity contribution in [3.8, 4) is 5.75 Å². The summed E-state index contributed by atoms with van der Waals surface area (Å²) in [7, 11) is -2.48. The number of carbonyl (C=O) groups excluding carboxylic acids is 1. The lowest BCUT2D eigenvalue weighted by molar-refractivity contribution is -0.141. The molecule has 30 heavy (non-hydrogen) atoms. The van der Waals surface area contributed by atoms with Gasteiger partial charge in [-0.2, -0.15) is 4.31 Å². The van der Waals surface area contributed by atoms with E-state index in [1.54, 1.807) is 31.2 Å². The van der Waals surface area contributed by atoms with Crippen molar-refractivity contribution < 1.29 is 27.4 Å². The summed E-state index contributed by atoms with van der Waals surface area (Å²) in [5.74, 6) is -0.212. The second-order valence-corrected chi connectivity index (χ2v) is 8.53. The zero-order valence-electron chi connectivity index (χ0n) is 17.0. The largest absolute Gasteiger partial charge is 0.492 e. The van der Waals surface area contributed by atoms with E-state index in [0.29, 0.717) is 31.1 Å². The van der Waals surface area contributed by atoms with E-state index >= 15 is 0 Å². The van der Waals surface area contributed by atoms with Crippen LogP contribution in [0.4, 0.5) is 5.69 Å². The van der Waals surface area contributed by atoms with Crippen molar-refractivity contribution in [2.45, 2.75) is 17.9 Å². The molecule has 0 aliphatic carbocycles. The van der Waals surface area contributed by atoms with Crippen molar-refractivity contribution >= 4 is 21.7 Å². The molecule has 1 heterocycles. The molecule has 9 heteroatoms. The van der Waals surface area contributed by atoms with Gasteiger partial charge < -0.3 is 19.5 Å². The molecule has 8 nitrogen and oxygen atoms in total. The molecule has 1 aliphatic heterocycles. The summed E-state index contributed by atoms with van der Waals surface area (Å²) in [5, 5.41) is 3.09. The Morgan fingerprint density at radius 1 is 1.17 bits per heavy atom. The van der Waals surface area contributed by atoms with Gasteiger partial charge in [-0.1, -0.05) is 30.3 Å². The van der Waals surface area contributed by atoms with Crippen LogP contribution in [-0.4, -0.2) is 58.7 Å². The van der Waals surface area contributed by atoms with Crippen molar-refractivity contribution in [3.05, 3.63) is 54.1 Å². The maximum Gasteiger partial charge on any atom is 0.332 e. The van der Waals surface area contributed by atoms with Crippen LogP contribution in [0.2, 0.25) is 0 Å². The lowest BCUT2D eigenvalue weighted by atomic mass is 10.1. The normalized spacial score (nSPS) is 15.9. The molecule has 0 amide bonds. The third-order valence-electron chi connectivity index (χ3n) is 4.71. The monoisotopic (exact) mass is 434 g/mol. The van der Waals surface area contributed by atoms with E-state index in [0.717, 1.165) is 0 Å². The molecule has 0 saturated carbocycles. The number of nitrogens with zero attached hydrogens (tertiary/aromatic N) is 1. The fourth-order valence-electron chi connectivity index (χ4n) is 3.21. The number of nitrogens with one attached hydrogen (secondary N) is 1. The van der Waals surface area contributed by atoms with E-state index in [9.17, 15) is 13.2 Å². The van der Waals surface area contributed by atoms with Gasteiger partial charge in [0.15, 0.2) is 6.04 Å². The van der Waals surface area contributed by atoms with Gasteiger partial charge in [-0.3, -0.25) is 0 Å². The highest BCUT2D eigenvalue weighted by Crippen LogP contribution is 2.32. The molecule has 2 aromatic carbocycles. The quantitative estimate of drug-likeness (QED) is 0.638. The van der Waals surface area contributed by atoms with Crippen LogP contribution < -0.4 is 10.1 Å². The Labute approximate surface area is 176 Å². The number of sulfonamides is 1. The first-order valence-electron chi connectivity index (χ1n) is 9.71. The molecular weight excluding hydrogens is 408 g/mol. The predicted molar refractivity (Wildman–Crippen MR) is 112 cm³/mol. The highest BCUT2D eigenvalue weighted by atomic mass is 32.2. The number of methoxy groups -OCH3 is 1. The average Bonchev–Trinajstić information content (AvgIpc) is 2.79. The Morgan fingerprint density at radius 3 is 2.50 bits per heavy atom. The minimum atomic E-state index is -3.79. The Morgan fingerprint density at radius 2 is 1.87 bits per heavy atom. The number of morpholine rings is 1. The maximum atomic E-state index is 13.3. The number of hydrogen-bond donors (Lipinski definition) is 1. The van der Waals surface area contributed by atoms with Crippen LogP contribution in [0.3, 0.4) is 0 Å². The van der Waals surface area contributed by atoms with Gasteiger partial charge in [0.25, 0.3) is 0 Å². The van der Waals surface area contributed by atoms with E-state index in [1.165, 1.54) is 17.5 Å². The molecule has 2 aromatic rings. The first kappa shape index (κ1) is 22.1. The molecule has 3 rings (SSSR count). The fraction of sp³-hybridized carbons (Fsp3) is 0.381. The molecule has 1 N–H and O–H groups in total. The Balaban J connectivity index is 1.97. The number of benzene rings is 2. The van der Waals surface area contributed by atoms with E-state index in [-0.39, 0.29) is 23.7 Å². The zero-order valence-corrected chi connectivity index (χ0v) is 17.9. The van der Waals surface area contributed by atoms with Crippen molar-refractivity contribution in [3.63, 3.8) is 0 Å². The van der Waals surface area contributed by atoms with Gasteiger partial charge in [-0.25, -0.2) is 13.2 Å². The van der Waals surface area contributed by atoms with E-state index in [1.807, 2.05) is 18.2 Å². The van der Waals surface area contributed by atoms with Crippen LogP contribution in [0.15, 0.2) is 53.4 Å². The molecule has 1 fully saturated rings. The van der Waals surface area contributed by atoms with Crippen LogP contribution in [0, 0.1) is 0 Å². The molecule has 162 valence electrons. The average molecular weight is 435 g/mol. The Bertz CT molecular complexity index is 959. The third kappa shape index (κ3) is 4.92. The lowest BCUT2D eigenvalue weighted by Crippen LogP contribution is -2.40. The van der Waals surface area contributed by atoms with Gasteiger partial charge in [0.1, 0.15) is 10.6 Å². The molecule has 0 radical (unpaired) electrons. The number of carbonyl (C=O) groups is 1. The summed E-state index contributed by atoms with van der Waals surface area (Å²) in [6, 6.07) is 13.1. The molecule has 0 bridgehead atoms. The minimum Gasteiger partial charge on any atom is -0.492 e. The number of rotatable bonds is 8. The summed E-state index contributed by atoms with van der Waals surface area (Å²) in [6.45, 7) is 3.37. The van der Waals surface area contributed by atoms with E-state index in [2.05, 4.69) is 5.32 Å². The highest BCUT2D eigenvalue weighted by molar-refractivity contribution is 7.89. The lowest BCUT2D eigenvalue weighted by Gasteiger charge is -2.27. The van der Waals surface area contributed by atoms with Gasteiger partial charge in [-0.15, -0.1) is 0 Å². The van der Waals surface area contributed by atoms with Crippen LogP contribution >= 0.6 is 0 Å². The second-order valence-electron chi connectivity index (χ2n) is 6.62. The van der Waals surface area contributed by atoms with Crippen LogP contribution in [0.1, 0.15) is 18.5 Å². The van der Waals surface area contributed by atoms with Crippen LogP contribution in [0.5, 0.6) is 5.75 Å². The van der Waals surface area contributed by atoms with Gasteiger partial charge in [0.05, 0.1) is 26.9 Å². The number of ether oxygens (including phenoxy) is 3. The molecule has 1 aliphatic rings. The molecule has 0 aromatic heterocycles. The molecule has 1 saturated heterocycles. The van der Waals surface area contributed by atoms with Crippen molar-refractivity contribution in [2.24, 2.45) is 0 Å². The highest BCUT2D eigenvalue weighted by Gasteiger charge is 2.30. The van der Waals surface area contributed by atoms with Crippen LogP contribution in [-0.2, 0) is 24.3 Å². The SMILES string of the molecule is CCOc1ccc(NC(C(=O)OC)c2ccccc2)cc1S(=O)(=O)N1CCOCC1. The fourth-order valence-corrected chi connectivity index (χ4v) is 4.77. The van der Waals surface area contributed by atoms with E-state index in [4.69, 9.17) is 14.2 Å². The summed E-state index contributed by atoms with van der Waals surface area (Å²) < 4.78 is 43.7. The first-order valence-corrected chi connectivity index (χ1v) is 11.2. The smallest absolute Gasteiger partial charge is 0.332 e. The zero-order chi connectivity index (χ0) is 21.6. The third-order valence-corrected chi connectivity index (χ3v) is 6.63. The van der Waals surface area contributed by atoms with Gasteiger partial charge in [-0.05, 0) is 30.7 Å². The second kappa shape index (κ2) is 9.92. The van der Waals surface area contributed by atoms with Gasteiger partial charge in [0, 0.05) is 18.8 Å². The summed E-state index contributed by atoms with van der Waals surface area (Å²) in [4.78, 5) is 12.4. The molecule has 0 spiro atoms. The number of hydrogen-bond acceptors (Lipinski definition) is 7. The molecule has 1 atom stereocenters. The maximum absolute atomic E-state index is 13.3. The number of esters is 1. The summed E-state index contributed by atoms with van der Waals surface area (Å²) >= 11 is 0. The van der Waals surface area contributed by atoms with Crippen molar-refractivity contribution in [2.75, 3.05) is 45.3 Å². The van der Waals surface area contributed by atoms with Crippen LogP contribution in [0.25, 0.3) is 0 Å². The molecular formula is C21H26N2O6S. The van der Waals surface area contributed by atoms with Crippen molar-refractivity contribution in [1.82, 2.24) is 4.31 Å². The predicted octanol–water partition coefficient (Wildman–Crippen LogP) is 2.43. The van der Waals surface area contributed by atoms with Crippen molar-refractivity contribution in [1.29, 1.82) is 0 Å². The van der Waals surface area contributed by atoms with Gasteiger partial charge >= 0.3 is 5.97 Å².